The highest BCUT2D eigenvalue weighted by atomic mass is 16.5. The third-order valence-corrected chi connectivity index (χ3v) is 2.32. The van der Waals surface area contributed by atoms with E-state index >= 15 is 0 Å². The number of aryl methyl sites for hydroxylation is 1. The highest BCUT2D eigenvalue weighted by Crippen LogP contribution is 2.23. The average Bonchev–Trinajstić information content (AvgIpc) is 2.81. The van der Waals surface area contributed by atoms with E-state index < -0.39 is 0 Å². The molecule has 2 aromatic rings. The Labute approximate surface area is 88.5 Å². The van der Waals surface area contributed by atoms with Crippen molar-refractivity contribution in [3.63, 3.8) is 0 Å². The molecular formula is C11H13N3O. The lowest BCUT2D eigenvalue weighted by Crippen LogP contribution is -1.99. The maximum absolute atomic E-state index is 5.32. The summed E-state index contributed by atoms with van der Waals surface area (Å²) in [6.45, 7) is 2.11. The lowest BCUT2D eigenvalue weighted by Gasteiger charge is -2.09. The number of hydrogen-bond acceptors (Lipinski definition) is 3. The molecule has 0 amide bonds. The van der Waals surface area contributed by atoms with Crippen LogP contribution in [0.15, 0.2) is 30.9 Å². The van der Waals surface area contributed by atoms with Gasteiger partial charge in [-0.25, -0.2) is 9.67 Å². The third kappa shape index (κ3) is 1.83. The molecule has 0 N–H and O–H groups in total. The van der Waals surface area contributed by atoms with Crippen LogP contribution in [0.4, 0.5) is 0 Å². The van der Waals surface area contributed by atoms with Gasteiger partial charge in [-0.15, -0.1) is 0 Å². The van der Waals surface area contributed by atoms with Crippen molar-refractivity contribution in [3.8, 4) is 11.4 Å². The molecule has 2 rings (SSSR count). The lowest BCUT2D eigenvalue weighted by molar-refractivity contribution is 0.411. The molecule has 4 heteroatoms. The summed E-state index contributed by atoms with van der Waals surface area (Å²) in [5, 5.41) is 4.08. The van der Waals surface area contributed by atoms with Crippen LogP contribution in [0.5, 0.6) is 5.75 Å². The number of ether oxygens (including phenoxy) is 1. The Morgan fingerprint density at radius 1 is 1.40 bits per heavy atom. The number of rotatable bonds is 3. The topological polar surface area (TPSA) is 39.9 Å². The molecule has 1 heterocycles. The van der Waals surface area contributed by atoms with Crippen molar-refractivity contribution < 1.29 is 4.74 Å². The summed E-state index contributed by atoms with van der Waals surface area (Å²) < 4.78 is 7.02. The van der Waals surface area contributed by atoms with Crippen LogP contribution in [0, 0.1) is 0 Å². The van der Waals surface area contributed by atoms with Crippen molar-refractivity contribution in [2.75, 3.05) is 7.11 Å². The van der Waals surface area contributed by atoms with E-state index in [0.29, 0.717) is 0 Å². The van der Waals surface area contributed by atoms with E-state index in [2.05, 4.69) is 23.1 Å². The lowest BCUT2D eigenvalue weighted by atomic mass is 10.1. The fourth-order valence-electron chi connectivity index (χ4n) is 1.46. The number of benzene rings is 1. The Kier molecular flexibility index (Phi) is 2.67. The number of methoxy groups -OCH3 is 1. The first-order valence-corrected chi connectivity index (χ1v) is 4.87. The quantitative estimate of drug-likeness (QED) is 0.764. The standard InChI is InChI=1S/C11H13N3O/c1-3-9-4-5-10(11(6-9)15-2)14-8-12-7-13-14/h4-8H,3H2,1-2H3. The van der Waals surface area contributed by atoms with Crippen LogP contribution in [-0.2, 0) is 6.42 Å². The van der Waals surface area contributed by atoms with Crippen molar-refractivity contribution in [2.24, 2.45) is 0 Å². The maximum Gasteiger partial charge on any atom is 0.144 e. The molecule has 0 saturated heterocycles. The van der Waals surface area contributed by atoms with Crippen molar-refractivity contribution in [1.29, 1.82) is 0 Å². The molecule has 0 fully saturated rings. The molecule has 1 aromatic carbocycles. The molecule has 0 bridgehead atoms. The molecule has 0 saturated carbocycles. The van der Waals surface area contributed by atoms with Gasteiger partial charge in [0.05, 0.1) is 7.11 Å². The molecule has 1 aromatic heterocycles. The summed E-state index contributed by atoms with van der Waals surface area (Å²) in [7, 11) is 1.66. The van der Waals surface area contributed by atoms with Crippen molar-refractivity contribution >= 4 is 0 Å². The second-order valence-corrected chi connectivity index (χ2v) is 3.20. The van der Waals surface area contributed by atoms with Crippen molar-refractivity contribution in [1.82, 2.24) is 14.8 Å². The zero-order valence-electron chi connectivity index (χ0n) is 8.84. The number of hydrogen-bond donors (Lipinski definition) is 0. The van der Waals surface area contributed by atoms with Crippen LogP contribution in [0.25, 0.3) is 5.69 Å². The molecule has 4 nitrogen and oxygen atoms in total. The predicted molar refractivity (Wildman–Crippen MR) is 57.3 cm³/mol. The van der Waals surface area contributed by atoms with Crippen LogP contribution < -0.4 is 4.74 Å². The smallest absolute Gasteiger partial charge is 0.144 e. The Morgan fingerprint density at radius 3 is 2.87 bits per heavy atom. The Balaban J connectivity index is 2.48. The number of aromatic nitrogens is 3. The average molecular weight is 203 g/mol. The molecule has 0 aliphatic carbocycles. The Morgan fingerprint density at radius 2 is 2.27 bits per heavy atom. The van der Waals surface area contributed by atoms with Gasteiger partial charge in [-0.3, -0.25) is 0 Å². The monoisotopic (exact) mass is 203 g/mol. The van der Waals surface area contributed by atoms with E-state index in [-0.39, 0.29) is 0 Å². The van der Waals surface area contributed by atoms with Gasteiger partial charge >= 0.3 is 0 Å². The molecule has 78 valence electrons. The minimum absolute atomic E-state index is 0.819. The van der Waals surface area contributed by atoms with Gasteiger partial charge in [0.25, 0.3) is 0 Å². The zero-order valence-corrected chi connectivity index (χ0v) is 8.84. The van der Waals surface area contributed by atoms with Crippen molar-refractivity contribution in [2.45, 2.75) is 13.3 Å². The molecular weight excluding hydrogens is 190 g/mol. The van der Waals surface area contributed by atoms with Crippen LogP contribution in [0.1, 0.15) is 12.5 Å². The normalized spacial score (nSPS) is 10.3. The second-order valence-electron chi connectivity index (χ2n) is 3.20. The highest BCUT2D eigenvalue weighted by molar-refractivity contribution is 5.48. The van der Waals surface area contributed by atoms with E-state index in [1.165, 1.54) is 11.9 Å². The first kappa shape index (κ1) is 9.71. The van der Waals surface area contributed by atoms with Gasteiger partial charge in [-0.1, -0.05) is 13.0 Å². The Hall–Kier alpha value is -1.84. The summed E-state index contributed by atoms with van der Waals surface area (Å²) in [6.07, 6.45) is 4.16. The van der Waals surface area contributed by atoms with Gasteiger partial charge < -0.3 is 4.74 Å². The zero-order chi connectivity index (χ0) is 10.7. The predicted octanol–water partition coefficient (Wildman–Crippen LogP) is 1.84. The SMILES string of the molecule is CCc1ccc(-n2cncn2)c(OC)c1. The maximum atomic E-state index is 5.32. The fraction of sp³-hybridized carbons (Fsp3) is 0.273. The summed E-state index contributed by atoms with van der Waals surface area (Å²) >= 11 is 0. The molecule has 0 atom stereocenters. The van der Waals surface area contributed by atoms with Gasteiger partial charge in [0.1, 0.15) is 24.1 Å². The molecule has 0 spiro atoms. The summed E-state index contributed by atoms with van der Waals surface area (Å²) in [5.41, 5.74) is 2.16. The fourth-order valence-corrected chi connectivity index (χ4v) is 1.46. The molecule has 0 radical (unpaired) electrons. The van der Waals surface area contributed by atoms with E-state index in [0.717, 1.165) is 17.9 Å². The molecule has 0 aliphatic heterocycles. The Bertz CT molecular complexity index is 437. The minimum Gasteiger partial charge on any atom is -0.494 e. The summed E-state index contributed by atoms with van der Waals surface area (Å²) in [5.74, 6) is 0.819. The highest BCUT2D eigenvalue weighted by Gasteiger charge is 2.05. The third-order valence-electron chi connectivity index (χ3n) is 2.32. The van der Waals surface area contributed by atoms with Gasteiger partial charge in [0, 0.05) is 0 Å². The van der Waals surface area contributed by atoms with Gasteiger partial charge in [0.15, 0.2) is 0 Å². The van der Waals surface area contributed by atoms with Gasteiger partial charge in [-0.2, -0.15) is 5.10 Å². The summed E-state index contributed by atoms with van der Waals surface area (Å²) in [4.78, 5) is 3.91. The van der Waals surface area contributed by atoms with Crippen LogP contribution in [0.3, 0.4) is 0 Å². The van der Waals surface area contributed by atoms with Crippen LogP contribution in [0.2, 0.25) is 0 Å². The minimum atomic E-state index is 0.819. The first-order chi connectivity index (χ1) is 7.35. The molecule has 0 unspecified atom stereocenters. The van der Waals surface area contributed by atoms with E-state index in [1.54, 1.807) is 18.1 Å². The second kappa shape index (κ2) is 4.13. The largest absolute Gasteiger partial charge is 0.494 e. The van der Waals surface area contributed by atoms with Crippen LogP contribution >= 0.6 is 0 Å². The van der Waals surface area contributed by atoms with Gasteiger partial charge in [-0.05, 0) is 24.1 Å². The van der Waals surface area contributed by atoms with E-state index in [9.17, 15) is 0 Å². The molecule has 15 heavy (non-hydrogen) atoms. The van der Waals surface area contributed by atoms with E-state index in [1.807, 2.05) is 12.1 Å². The summed E-state index contributed by atoms with van der Waals surface area (Å²) in [6, 6.07) is 6.09. The van der Waals surface area contributed by atoms with Gasteiger partial charge in [0.2, 0.25) is 0 Å². The van der Waals surface area contributed by atoms with E-state index in [4.69, 9.17) is 4.74 Å². The first-order valence-electron chi connectivity index (χ1n) is 4.87. The number of nitrogens with zero attached hydrogens (tertiary/aromatic N) is 3. The van der Waals surface area contributed by atoms with Crippen LogP contribution in [-0.4, -0.2) is 21.9 Å². The molecule has 0 aliphatic rings. The van der Waals surface area contributed by atoms with Crippen molar-refractivity contribution in [3.05, 3.63) is 36.4 Å².